The molecule has 0 aliphatic carbocycles. The summed E-state index contributed by atoms with van der Waals surface area (Å²) in [4.78, 5) is 29.1. The molecule has 0 saturated carbocycles. The molecule has 3 rings (SSSR count). The predicted molar refractivity (Wildman–Crippen MR) is 107 cm³/mol. The predicted octanol–water partition coefficient (Wildman–Crippen LogP) is 3.66. The first-order valence-electron chi connectivity index (χ1n) is 9.84. The molecule has 2 amide bonds. The van der Waals surface area contributed by atoms with Crippen LogP contribution in [0.4, 0.5) is 14.5 Å². The van der Waals surface area contributed by atoms with E-state index in [2.05, 4.69) is 10.2 Å². The van der Waals surface area contributed by atoms with Crippen molar-refractivity contribution in [1.82, 2.24) is 9.80 Å². The van der Waals surface area contributed by atoms with Gasteiger partial charge in [0.15, 0.2) is 0 Å². The van der Waals surface area contributed by atoms with E-state index in [1.54, 1.807) is 24.3 Å². The van der Waals surface area contributed by atoms with Crippen molar-refractivity contribution in [1.29, 1.82) is 0 Å². The highest BCUT2D eigenvalue weighted by molar-refractivity contribution is 7.99. The fraction of sp³-hybridized carbons (Fsp3) is 0.600. The van der Waals surface area contributed by atoms with Crippen molar-refractivity contribution in [3.63, 3.8) is 0 Å². The molecule has 1 aromatic carbocycles. The monoisotopic (exact) mass is 411 g/mol. The Labute approximate surface area is 168 Å². The standard InChI is InChI=1S/C20H27F2N3O2S/c21-20(22)28-17-5-3-16(4-6-17)23-18(26)14-24-11-7-15(8-12-24)13-19(27)25-9-1-2-10-25/h3-6,15,20H,1-2,7-14H2,(H,23,26). The number of carbonyl (C=O) groups is 2. The van der Waals surface area contributed by atoms with Gasteiger partial charge in [0.1, 0.15) is 0 Å². The number of likely N-dealkylation sites (tertiary alicyclic amines) is 2. The van der Waals surface area contributed by atoms with Crippen molar-refractivity contribution in [3.8, 4) is 0 Å². The molecule has 0 bridgehead atoms. The molecule has 5 nitrogen and oxygen atoms in total. The summed E-state index contributed by atoms with van der Waals surface area (Å²) in [7, 11) is 0. The van der Waals surface area contributed by atoms with Crippen LogP contribution < -0.4 is 5.32 Å². The molecule has 0 radical (unpaired) electrons. The fourth-order valence-corrected chi connectivity index (χ4v) is 4.31. The number of nitrogens with one attached hydrogen (secondary N) is 1. The van der Waals surface area contributed by atoms with Gasteiger partial charge >= 0.3 is 0 Å². The molecule has 28 heavy (non-hydrogen) atoms. The maximum absolute atomic E-state index is 12.3. The molecule has 0 unspecified atom stereocenters. The number of piperidine rings is 1. The molecule has 0 aromatic heterocycles. The minimum absolute atomic E-state index is 0.110. The number of rotatable bonds is 7. The average Bonchev–Trinajstić information content (AvgIpc) is 3.19. The second-order valence-corrected chi connectivity index (χ2v) is 8.53. The van der Waals surface area contributed by atoms with Crippen molar-refractivity contribution in [2.24, 2.45) is 5.92 Å². The van der Waals surface area contributed by atoms with Gasteiger partial charge in [-0.1, -0.05) is 11.8 Å². The van der Waals surface area contributed by atoms with Gasteiger partial charge in [-0.2, -0.15) is 8.78 Å². The van der Waals surface area contributed by atoms with E-state index in [4.69, 9.17) is 0 Å². The zero-order valence-corrected chi connectivity index (χ0v) is 16.7. The lowest BCUT2D eigenvalue weighted by Gasteiger charge is -2.31. The first-order chi connectivity index (χ1) is 13.5. The summed E-state index contributed by atoms with van der Waals surface area (Å²) < 4.78 is 24.7. The highest BCUT2D eigenvalue weighted by Crippen LogP contribution is 2.26. The molecule has 8 heteroatoms. The van der Waals surface area contributed by atoms with E-state index in [-0.39, 0.29) is 11.8 Å². The Morgan fingerprint density at radius 3 is 2.32 bits per heavy atom. The molecular formula is C20H27F2N3O2S. The highest BCUT2D eigenvalue weighted by Gasteiger charge is 2.25. The van der Waals surface area contributed by atoms with Crippen molar-refractivity contribution in [2.75, 3.05) is 38.0 Å². The van der Waals surface area contributed by atoms with Crippen LogP contribution in [0.25, 0.3) is 0 Å². The van der Waals surface area contributed by atoms with E-state index < -0.39 is 5.76 Å². The van der Waals surface area contributed by atoms with Crippen LogP contribution in [0.5, 0.6) is 0 Å². The Morgan fingerprint density at radius 1 is 1.07 bits per heavy atom. The molecule has 2 aliphatic rings. The minimum atomic E-state index is -2.45. The van der Waals surface area contributed by atoms with Gasteiger partial charge in [0.05, 0.1) is 6.54 Å². The summed E-state index contributed by atoms with van der Waals surface area (Å²) in [6.45, 7) is 3.74. The molecule has 2 heterocycles. The summed E-state index contributed by atoms with van der Waals surface area (Å²) in [6.07, 6.45) is 4.74. The Hall–Kier alpha value is -1.67. The van der Waals surface area contributed by atoms with Crippen LogP contribution in [0.3, 0.4) is 0 Å². The van der Waals surface area contributed by atoms with Gasteiger partial charge in [-0.15, -0.1) is 0 Å². The summed E-state index contributed by atoms with van der Waals surface area (Å²) in [5.41, 5.74) is 0.606. The Morgan fingerprint density at radius 2 is 1.71 bits per heavy atom. The summed E-state index contributed by atoms with van der Waals surface area (Å²) in [6, 6.07) is 6.43. The van der Waals surface area contributed by atoms with Gasteiger partial charge in [0.25, 0.3) is 5.76 Å². The van der Waals surface area contributed by atoms with Crippen molar-refractivity contribution >= 4 is 29.3 Å². The smallest absolute Gasteiger partial charge is 0.288 e. The maximum atomic E-state index is 12.3. The number of carbonyl (C=O) groups excluding carboxylic acids is 2. The van der Waals surface area contributed by atoms with Crippen LogP contribution in [-0.2, 0) is 9.59 Å². The number of hydrogen-bond acceptors (Lipinski definition) is 4. The second-order valence-electron chi connectivity index (χ2n) is 7.46. The number of alkyl halides is 2. The van der Waals surface area contributed by atoms with E-state index in [0.717, 1.165) is 51.9 Å². The van der Waals surface area contributed by atoms with Gasteiger partial charge in [-0.25, -0.2) is 0 Å². The molecule has 0 atom stereocenters. The zero-order valence-electron chi connectivity index (χ0n) is 15.9. The normalized spacial score (nSPS) is 18.6. The Balaban J connectivity index is 1.37. The maximum Gasteiger partial charge on any atom is 0.288 e. The van der Waals surface area contributed by atoms with Gasteiger partial charge in [0.2, 0.25) is 11.8 Å². The molecule has 1 aromatic rings. The number of amides is 2. The van der Waals surface area contributed by atoms with E-state index in [0.29, 0.717) is 41.2 Å². The summed E-state index contributed by atoms with van der Waals surface area (Å²) in [5.74, 6) is -1.87. The second kappa shape index (κ2) is 10.2. The van der Waals surface area contributed by atoms with Gasteiger partial charge < -0.3 is 10.2 Å². The number of thioether (sulfide) groups is 1. The third-order valence-electron chi connectivity index (χ3n) is 5.36. The Kier molecular flexibility index (Phi) is 7.67. The topological polar surface area (TPSA) is 52.7 Å². The van der Waals surface area contributed by atoms with Crippen molar-refractivity contribution < 1.29 is 18.4 Å². The van der Waals surface area contributed by atoms with Crippen LogP contribution in [0.2, 0.25) is 0 Å². The lowest BCUT2D eigenvalue weighted by Crippen LogP contribution is -2.40. The van der Waals surface area contributed by atoms with Crippen LogP contribution in [0.1, 0.15) is 32.1 Å². The minimum Gasteiger partial charge on any atom is -0.343 e. The summed E-state index contributed by atoms with van der Waals surface area (Å²) >= 11 is 0.485. The van der Waals surface area contributed by atoms with Crippen LogP contribution in [0.15, 0.2) is 29.2 Å². The van der Waals surface area contributed by atoms with Gasteiger partial charge in [0, 0.05) is 30.1 Å². The third kappa shape index (κ3) is 6.44. The largest absolute Gasteiger partial charge is 0.343 e. The molecule has 154 valence electrons. The Bertz CT molecular complexity index is 658. The molecule has 1 N–H and O–H groups in total. The fourth-order valence-electron chi connectivity index (χ4n) is 3.81. The van der Waals surface area contributed by atoms with Crippen molar-refractivity contribution in [2.45, 2.75) is 42.8 Å². The quantitative estimate of drug-likeness (QED) is 0.696. The molecule has 0 spiro atoms. The summed E-state index contributed by atoms with van der Waals surface area (Å²) in [5, 5.41) is 2.81. The van der Waals surface area contributed by atoms with E-state index >= 15 is 0 Å². The average molecular weight is 412 g/mol. The van der Waals surface area contributed by atoms with Gasteiger partial charge in [-0.3, -0.25) is 14.5 Å². The molecule has 2 aliphatic heterocycles. The molecular weight excluding hydrogens is 384 g/mol. The number of anilines is 1. The third-order valence-corrected chi connectivity index (χ3v) is 6.08. The molecule has 2 fully saturated rings. The number of hydrogen-bond donors (Lipinski definition) is 1. The van der Waals surface area contributed by atoms with E-state index in [1.165, 1.54) is 0 Å². The highest BCUT2D eigenvalue weighted by atomic mass is 32.2. The van der Waals surface area contributed by atoms with Gasteiger partial charge in [-0.05, 0) is 69.0 Å². The van der Waals surface area contributed by atoms with E-state index in [1.807, 2.05) is 4.90 Å². The van der Waals surface area contributed by atoms with Crippen molar-refractivity contribution in [3.05, 3.63) is 24.3 Å². The first-order valence-corrected chi connectivity index (χ1v) is 10.7. The van der Waals surface area contributed by atoms with Crippen LogP contribution >= 0.6 is 11.8 Å². The van der Waals surface area contributed by atoms with E-state index in [9.17, 15) is 18.4 Å². The van der Waals surface area contributed by atoms with Crippen LogP contribution in [-0.4, -0.2) is 60.1 Å². The SMILES string of the molecule is O=C(CN1CCC(CC(=O)N2CCCC2)CC1)Nc1ccc(SC(F)F)cc1. The number of nitrogens with zero attached hydrogens (tertiary/aromatic N) is 2. The zero-order chi connectivity index (χ0) is 19.9. The lowest BCUT2D eigenvalue weighted by atomic mass is 9.93. The first kappa shape index (κ1) is 21.0. The molecule has 2 saturated heterocycles. The lowest BCUT2D eigenvalue weighted by molar-refractivity contribution is -0.131. The van der Waals surface area contributed by atoms with Crippen LogP contribution in [0, 0.1) is 5.92 Å². The number of halogens is 2. The number of benzene rings is 1.